The van der Waals surface area contributed by atoms with Crippen LogP contribution >= 0.6 is 0 Å². The molecule has 0 radical (unpaired) electrons. The third kappa shape index (κ3) is 3.65. The maximum absolute atomic E-state index is 12.7. The van der Waals surface area contributed by atoms with Crippen LogP contribution in [0.2, 0.25) is 0 Å². The van der Waals surface area contributed by atoms with Crippen molar-refractivity contribution in [2.75, 3.05) is 11.9 Å². The quantitative estimate of drug-likeness (QED) is 0.599. The first-order valence-corrected chi connectivity index (χ1v) is 10.4. The molecule has 0 atom stereocenters. The SMILES string of the molecule is CCC1(CC)NC(=O)N(CC(=O)Nc2cccc(-c3cn4cccc(C)c4n3)c2)C1=O. The van der Waals surface area contributed by atoms with Gasteiger partial charge in [-0.15, -0.1) is 0 Å². The number of imide groups is 1. The van der Waals surface area contributed by atoms with E-state index in [0.29, 0.717) is 18.5 Å². The third-order valence-corrected chi connectivity index (χ3v) is 5.87. The van der Waals surface area contributed by atoms with Gasteiger partial charge in [-0.1, -0.05) is 32.0 Å². The second kappa shape index (κ2) is 7.86. The minimum Gasteiger partial charge on any atom is -0.325 e. The van der Waals surface area contributed by atoms with Gasteiger partial charge in [-0.25, -0.2) is 9.78 Å². The highest BCUT2D eigenvalue weighted by atomic mass is 16.2. The van der Waals surface area contributed by atoms with Gasteiger partial charge in [0.2, 0.25) is 5.91 Å². The van der Waals surface area contributed by atoms with E-state index in [9.17, 15) is 14.4 Å². The molecule has 160 valence electrons. The Bertz CT molecular complexity index is 1180. The van der Waals surface area contributed by atoms with Crippen LogP contribution in [0.25, 0.3) is 16.9 Å². The van der Waals surface area contributed by atoms with Crippen molar-refractivity contribution in [2.24, 2.45) is 0 Å². The Balaban J connectivity index is 1.50. The third-order valence-electron chi connectivity index (χ3n) is 5.87. The molecule has 0 unspecified atom stereocenters. The molecule has 3 aromatic rings. The zero-order valence-electron chi connectivity index (χ0n) is 17.8. The number of aryl methyl sites for hydroxylation is 1. The summed E-state index contributed by atoms with van der Waals surface area (Å²) in [6.45, 7) is 5.36. The maximum Gasteiger partial charge on any atom is 0.325 e. The van der Waals surface area contributed by atoms with E-state index in [-0.39, 0.29) is 12.5 Å². The molecule has 1 saturated heterocycles. The first-order chi connectivity index (χ1) is 14.9. The number of rotatable bonds is 6. The van der Waals surface area contributed by atoms with Crippen LogP contribution in [0.15, 0.2) is 48.8 Å². The molecule has 4 amide bonds. The van der Waals surface area contributed by atoms with Gasteiger partial charge in [-0.05, 0) is 43.5 Å². The Morgan fingerprint density at radius 3 is 2.61 bits per heavy atom. The molecule has 0 aliphatic carbocycles. The zero-order valence-corrected chi connectivity index (χ0v) is 17.8. The second-order valence-electron chi connectivity index (χ2n) is 7.79. The van der Waals surface area contributed by atoms with E-state index in [2.05, 4.69) is 15.6 Å². The van der Waals surface area contributed by atoms with Crippen molar-refractivity contribution in [1.82, 2.24) is 19.6 Å². The van der Waals surface area contributed by atoms with Gasteiger partial charge in [0.15, 0.2) is 0 Å². The topological polar surface area (TPSA) is 95.8 Å². The maximum atomic E-state index is 12.7. The minimum absolute atomic E-state index is 0.329. The fourth-order valence-electron chi connectivity index (χ4n) is 3.94. The molecule has 1 aromatic carbocycles. The average Bonchev–Trinajstić information content (AvgIpc) is 3.30. The largest absolute Gasteiger partial charge is 0.325 e. The number of fused-ring (bicyclic) bond motifs is 1. The summed E-state index contributed by atoms with van der Waals surface area (Å²) in [6.07, 6.45) is 4.83. The van der Waals surface area contributed by atoms with Crippen molar-refractivity contribution in [3.8, 4) is 11.3 Å². The fraction of sp³-hybridized carbons (Fsp3) is 0.304. The van der Waals surface area contributed by atoms with Crippen LogP contribution in [-0.2, 0) is 9.59 Å². The van der Waals surface area contributed by atoms with Gasteiger partial charge in [-0.2, -0.15) is 0 Å². The Morgan fingerprint density at radius 2 is 1.94 bits per heavy atom. The summed E-state index contributed by atoms with van der Waals surface area (Å²) in [5.74, 6) is -0.791. The number of hydrogen-bond acceptors (Lipinski definition) is 4. The number of benzene rings is 1. The molecule has 0 saturated carbocycles. The minimum atomic E-state index is -0.918. The van der Waals surface area contributed by atoms with E-state index in [1.54, 1.807) is 6.07 Å². The Hall–Kier alpha value is -3.68. The van der Waals surface area contributed by atoms with Gasteiger partial charge in [0, 0.05) is 23.6 Å². The van der Waals surface area contributed by atoms with Crippen LogP contribution in [0.3, 0.4) is 0 Å². The standard InChI is InChI=1S/C23H25N5O3/c1-4-23(5-2)21(30)28(22(31)26-23)14-19(29)24-17-10-6-9-16(12-17)18-13-27-11-7-8-15(3)20(27)25-18/h6-13H,4-5,14H2,1-3H3,(H,24,29)(H,26,31). The number of pyridine rings is 1. The first-order valence-electron chi connectivity index (χ1n) is 10.4. The predicted octanol–water partition coefficient (Wildman–Crippen LogP) is 3.36. The summed E-state index contributed by atoms with van der Waals surface area (Å²) in [7, 11) is 0. The summed E-state index contributed by atoms with van der Waals surface area (Å²) in [4.78, 5) is 43.2. The van der Waals surface area contributed by atoms with Crippen LogP contribution < -0.4 is 10.6 Å². The summed E-state index contributed by atoms with van der Waals surface area (Å²) in [5, 5.41) is 5.51. The lowest BCUT2D eigenvalue weighted by atomic mass is 9.93. The molecule has 1 aliphatic rings. The van der Waals surface area contributed by atoms with Crippen LogP contribution in [-0.4, -0.2) is 44.2 Å². The van der Waals surface area contributed by atoms with Crippen molar-refractivity contribution < 1.29 is 14.4 Å². The van der Waals surface area contributed by atoms with Crippen LogP contribution in [0, 0.1) is 6.92 Å². The Labute approximate surface area is 180 Å². The number of carbonyl (C=O) groups excluding carboxylic acids is 3. The number of carbonyl (C=O) groups is 3. The average molecular weight is 419 g/mol. The van der Waals surface area contributed by atoms with Gasteiger partial charge in [0.1, 0.15) is 17.7 Å². The molecule has 1 aliphatic heterocycles. The molecule has 8 nitrogen and oxygen atoms in total. The van der Waals surface area contributed by atoms with Crippen molar-refractivity contribution in [3.05, 3.63) is 54.4 Å². The predicted molar refractivity (Wildman–Crippen MR) is 118 cm³/mol. The molecule has 4 rings (SSSR count). The fourth-order valence-corrected chi connectivity index (χ4v) is 3.94. The molecule has 2 N–H and O–H groups in total. The van der Waals surface area contributed by atoms with Gasteiger partial charge in [0.25, 0.3) is 5.91 Å². The number of amides is 4. The van der Waals surface area contributed by atoms with Gasteiger partial charge < -0.3 is 15.0 Å². The molecule has 8 heteroatoms. The van der Waals surface area contributed by atoms with E-state index in [1.165, 1.54) is 0 Å². The first kappa shape index (κ1) is 20.6. The van der Waals surface area contributed by atoms with Crippen molar-refractivity contribution in [3.63, 3.8) is 0 Å². The Kier molecular flexibility index (Phi) is 5.22. The van der Waals surface area contributed by atoms with Crippen molar-refractivity contribution >= 4 is 29.2 Å². The van der Waals surface area contributed by atoms with E-state index in [1.807, 2.05) is 67.9 Å². The molecule has 3 heterocycles. The lowest BCUT2D eigenvalue weighted by molar-refractivity contribution is -0.134. The smallest absolute Gasteiger partial charge is 0.325 e. The number of aromatic nitrogens is 2. The molecule has 0 spiro atoms. The Morgan fingerprint density at radius 1 is 1.16 bits per heavy atom. The zero-order chi connectivity index (χ0) is 22.2. The van der Waals surface area contributed by atoms with Crippen LogP contribution in [0.5, 0.6) is 0 Å². The summed E-state index contributed by atoms with van der Waals surface area (Å²) in [6, 6.07) is 10.8. The highest BCUT2D eigenvalue weighted by Crippen LogP contribution is 2.26. The van der Waals surface area contributed by atoms with Gasteiger partial charge in [0.05, 0.1) is 5.69 Å². The highest BCUT2D eigenvalue weighted by Gasteiger charge is 2.49. The van der Waals surface area contributed by atoms with Crippen molar-refractivity contribution in [2.45, 2.75) is 39.2 Å². The van der Waals surface area contributed by atoms with Crippen LogP contribution in [0.1, 0.15) is 32.3 Å². The number of anilines is 1. The molecular formula is C23H25N5O3. The number of urea groups is 1. The molecule has 2 aromatic heterocycles. The monoisotopic (exact) mass is 419 g/mol. The summed E-state index contributed by atoms with van der Waals surface area (Å²) < 4.78 is 1.96. The lowest BCUT2D eigenvalue weighted by Crippen LogP contribution is -2.46. The van der Waals surface area contributed by atoms with Crippen molar-refractivity contribution in [1.29, 1.82) is 0 Å². The van der Waals surface area contributed by atoms with E-state index < -0.39 is 17.5 Å². The van der Waals surface area contributed by atoms with Gasteiger partial charge in [-0.3, -0.25) is 14.5 Å². The molecule has 1 fully saturated rings. The lowest BCUT2D eigenvalue weighted by Gasteiger charge is -2.23. The molecular weight excluding hydrogens is 394 g/mol. The normalized spacial score (nSPS) is 15.4. The molecule has 31 heavy (non-hydrogen) atoms. The van der Waals surface area contributed by atoms with Gasteiger partial charge >= 0.3 is 6.03 Å². The van der Waals surface area contributed by atoms with E-state index in [0.717, 1.165) is 27.4 Å². The summed E-state index contributed by atoms with van der Waals surface area (Å²) >= 11 is 0. The van der Waals surface area contributed by atoms with Crippen LogP contribution in [0.4, 0.5) is 10.5 Å². The number of nitrogens with one attached hydrogen (secondary N) is 2. The van der Waals surface area contributed by atoms with E-state index >= 15 is 0 Å². The summed E-state index contributed by atoms with van der Waals surface area (Å²) in [5.41, 5.74) is 3.24. The number of hydrogen-bond donors (Lipinski definition) is 2. The second-order valence-corrected chi connectivity index (χ2v) is 7.79. The molecule has 0 bridgehead atoms. The van der Waals surface area contributed by atoms with E-state index in [4.69, 9.17) is 0 Å². The number of nitrogens with zero attached hydrogens (tertiary/aromatic N) is 3. The number of imidazole rings is 1. The highest BCUT2D eigenvalue weighted by molar-refractivity contribution is 6.10.